The number of oxazole rings is 1. The molecule has 5 rings (SSSR count). The summed E-state index contributed by atoms with van der Waals surface area (Å²) in [7, 11) is 1.67. The van der Waals surface area contributed by atoms with Crippen molar-refractivity contribution in [3.05, 3.63) is 87.0 Å². The minimum atomic E-state index is -0.723. The maximum atomic E-state index is 11.7. The van der Waals surface area contributed by atoms with Gasteiger partial charge in [0.05, 0.1) is 28.6 Å². The van der Waals surface area contributed by atoms with E-state index in [1.807, 2.05) is 37.3 Å². The molecule has 0 bridgehead atoms. The molecule has 2 aromatic heterocycles. The van der Waals surface area contributed by atoms with Gasteiger partial charge in [-0.05, 0) is 54.4 Å². The van der Waals surface area contributed by atoms with Gasteiger partial charge < -0.3 is 19.6 Å². The van der Waals surface area contributed by atoms with E-state index in [2.05, 4.69) is 5.32 Å². The number of hydrogen-bond acceptors (Lipinski definition) is 7. The number of cyclic esters (lactones) is 1. The van der Waals surface area contributed by atoms with Crippen LogP contribution in [-0.4, -0.2) is 27.2 Å². The van der Waals surface area contributed by atoms with Gasteiger partial charge in [-0.15, -0.1) is 0 Å². The van der Waals surface area contributed by atoms with Crippen LogP contribution in [0.15, 0.2) is 57.7 Å². The highest BCUT2D eigenvalue weighted by molar-refractivity contribution is 5.94. The second-order valence-electron chi connectivity index (χ2n) is 8.15. The van der Waals surface area contributed by atoms with Gasteiger partial charge in [-0.25, -0.2) is 9.59 Å². The second-order valence-corrected chi connectivity index (χ2v) is 8.15. The number of aryl methyl sites for hydroxylation is 1. The van der Waals surface area contributed by atoms with Crippen molar-refractivity contribution in [1.29, 1.82) is 0 Å². The summed E-state index contributed by atoms with van der Waals surface area (Å²) < 4.78 is 11.8. The summed E-state index contributed by atoms with van der Waals surface area (Å²) >= 11 is 0. The van der Waals surface area contributed by atoms with E-state index in [1.54, 1.807) is 25.2 Å². The Labute approximate surface area is 189 Å². The first-order valence-electron chi connectivity index (χ1n) is 10.7. The first kappa shape index (κ1) is 21.1. The van der Waals surface area contributed by atoms with E-state index < -0.39 is 11.9 Å². The third kappa shape index (κ3) is 3.83. The lowest BCUT2D eigenvalue weighted by atomic mass is 9.95. The molecule has 0 amide bonds. The lowest BCUT2D eigenvalue weighted by Gasteiger charge is -2.16. The number of carbonyl (C=O) groups is 1. The quantitative estimate of drug-likeness (QED) is 0.440. The Kier molecular flexibility index (Phi) is 5.32. The van der Waals surface area contributed by atoms with E-state index in [4.69, 9.17) is 14.1 Å². The minimum Gasteiger partial charge on any atom is -0.457 e. The van der Waals surface area contributed by atoms with Crippen molar-refractivity contribution in [3.8, 4) is 11.3 Å². The van der Waals surface area contributed by atoms with Crippen molar-refractivity contribution in [3.63, 3.8) is 0 Å². The molecular weight excluding hydrogens is 422 g/mol. The van der Waals surface area contributed by atoms with E-state index in [1.165, 1.54) is 4.57 Å². The molecule has 4 aromatic rings. The summed E-state index contributed by atoms with van der Waals surface area (Å²) in [5, 5.41) is 13.9. The first-order valence-corrected chi connectivity index (χ1v) is 10.7. The number of aliphatic hydroxyl groups excluding tert-OH is 1. The predicted molar refractivity (Wildman–Crippen MR) is 122 cm³/mol. The van der Waals surface area contributed by atoms with Gasteiger partial charge in [0.1, 0.15) is 6.61 Å². The van der Waals surface area contributed by atoms with Crippen LogP contribution in [0.25, 0.3) is 22.4 Å². The van der Waals surface area contributed by atoms with E-state index in [0.717, 1.165) is 33.6 Å². The fourth-order valence-corrected chi connectivity index (χ4v) is 4.20. The molecule has 1 atom stereocenters. The fraction of sp³-hybridized carbons (Fsp3) is 0.240. The number of rotatable bonds is 6. The summed E-state index contributed by atoms with van der Waals surface area (Å²) in [6.07, 6.45) is -0.723. The maximum Gasteiger partial charge on any atom is 0.419 e. The number of aliphatic hydroxyl groups is 1. The van der Waals surface area contributed by atoms with Crippen LogP contribution in [-0.2, 0) is 24.9 Å². The molecule has 0 saturated carbocycles. The summed E-state index contributed by atoms with van der Waals surface area (Å²) in [6.45, 7) is 2.97. The summed E-state index contributed by atoms with van der Waals surface area (Å²) in [5.74, 6) is -0.711. The molecule has 2 aromatic carbocycles. The van der Waals surface area contributed by atoms with Gasteiger partial charge in [-0.3, -0.25) is 9.55 Å². The average molecular weight is 445 g/mol. The SMILES string of the molecule is Cc1c(C(O)CNCc2cccc(-c3ccc4oc(=O)n(C)c4c3)n2)ccc2c1COC2=O. The molecular formula is C25H23N3O5. The zero-order chi connectivity index (χ0) is 23.1. The molecule has 0 saturated heterocycles. The Morgan fingerprint density at radius 3 is 2.88 bits per heavy atom. The van der Waals surface area contributed by atoms with Crippen LogP contribution in [0.3, 0.4) is 0 Å². The van der Waals surface area contributed by atoms with Gasteiger partial charge in [0, 0.05) is 31.3 Å². The predicted octanol–water partition coefficient (Wildman–Crippen LogP) is 3.00. The zero-order valence-corrected chi connectivity index (χ0v) is 18.3. The molecule has 168 valence electrons. The molecule has 0 spiro atoms. The average Bonchev–Trinajstić information content (AvgIpc) is 3.33. The van der Waals surface area contributed by atoms with Crippen molar-refractivity contribution in [2.45, 2.75) is 26.2 Å². The molecule has 0 fully saturated rings. The van der Waals surface area contributed by atoms with Crippen LogP contribution >= 0.6 is 0 Å². The summed E-state index contributed by atoms with van der Waals surface area (Å²) in [6, 6.07) is 14.8. The van der Waals surface area contributed by atoms with Crippen LogP contribution in [0, 0.1) is 6.92 Å². The first-order chi connectivity index (χ1) is 15.9. The Hall–Kier alpha value is -3.75. The van der Waals surface area contributed by atoms with Crippen LogP contribution in [0.5, 0.6) is 0 Å². The van der Waals surface area contributed by atoms with Crippen molar-refractivity contribution in [1.82, 2.24) is 14.9 Å². The number of carbonyl (C=O) groups excluding carboxylic acids is 1. The van der Waals surface area contributed by atoms with Gasteiger partial charge in [0.2, 0.25) is 0 Å². The number of nitrogens with one attached hydrogen (secondary N) is 1. The van der Waals surface area contributed by atoms with E-state index >= 15 is 0 Å². The Balaban J connectivity index is 1.28. The number of fused-ring (bicyclic) bond motifs is 2. The molecule has 1 aliphatic heterocycles. The van der Waals surface area contributed by atoms with Crippen LogP contribution in [0.2, 0.25) is 0 Å². The van der Waals surface area contributed by atoms with Crippen LogP contribution in [0.4, 0.5) is 0 Å². The number of nitrogens with zero attached hydrogens (tertiary/aromatic N) is 2. The van der Waals surface area contributed by atoms with Gasteiger partial charge in [-0.1, -0.05) is 12.1 Å². The summed E-state index contributed by atoms with van der Waals surface area (Å²) in [4.78, 5) is 28.2. The highest BCUT2D eigenvalue weighted by Gasteiger charge is 2.25. The number of esters is 1. The van der Waals surface area contributed by atoms with Crippen molar-refractivity contribution in [2.75, 3.05) is 6.54 Å². The Bertz CT molecular complexity index is 1440. The highest BCUT2D eigenvalue weighted by atomic mass is 16.5. The molecule has 0 radical (unpaired) electrons. The lowest BCUT2D eigenvalue weighted by Crippen LogP contribution is -2.22. The maximum absolute atomic E-state index is 11.7. The molecule has 2 N–H and O–H groups in total. The Morgan fingerprint density at radius 1 is 1.18 bits per heavy atom. The number of aromatic nitrogens is 2. The van der Waals surface area contributed by atoms with E-state index in [0.29, 0.717) is 29.8 Å². The Morgan fingerprint density at radius 2 is 2.03 bits per heavy atom. The number of ether oxygens (including phenoxy) is 1. The normalized spacial score (nSPS) is 13.8. The van der Waals surface area contributed by atoms with Crippen LogP contribution in [0.1, 0.15) is 38.8 Å². The highest BCUT2D eigenvalue weighted by Crippen LogP contribution is 2.29. The molecule has 8 nitrogen and oxygen atoms in total. The minimum absolute atomic E-state index is 0.253. The molecule has 3 heterocycles. The summed E-state index contributed by atoms with van der Waals surface area (Å²) in [5.41, 5.74) is 6.82. The monoisotopic (exact) mass is 445 g/mol. The molecule has 33 heavy (non-hydrogen) atoms. The number of pyridine rings is 1. The van der Waals surface area contributed by atoms with Gasteiger partial charge >= 0.3 is 11.7 Å². The zero-order valence-electron chi connectivity index (χ0n) is 18.3. The van der Waals surface area contributed by atoms with Crippen LogP contribution < -0.4 is 11.1 Å². The second kappa shape index (κ2) is 8.31. The number of hydrogen-bond donors (Lipinski definition) is 2. The fourth-order valence-electron chi connectivity index (χ4n) is 4.20. The molecule has 1 unspecified atom stereocenters. The van der Waals surface area contributed by atoms with E-state index in [9.17, 15) is 14.7 Å². The lowest BCUT2D eigenvalue weighted by molar-refractivity contribution is 0.0535. The smallest absolute Gasteiger partial charge is 0.419 e. The molecule has 1 aliphatic rings. The van der Waals surface area contributed by atoms with Crippen molar-refractivity contribution < 1.29 is 19.1 Å². The van der Waals surface area contributed by atoms with E-state index in [-0.39, 0.29) is 12.6 Å². The van der Waals surface area contributed by atoms with Gasteiger partial charge in [-0.2, -0.15) is 0 Å². The third-order valence-electron chi connectivity index (χ3n) is 6.10. The standard InChI is InChI=1S/C25H23N3O5/c1-14-17(7-8-18-19(14)13-32-24(18)30)22(29)12-26-11-16-4-3-5-20(27-16)15-6-9-23-21(10-15)28(2)25(31)33-23/h3-10,22,26,29H,11-13H2,1-2H3. The topological polar surface area (TPSA) is 107 Å². The van der Waals surface area contributed by atoms with Gasteiger partial charge in [0.15, 0.2) is 5.58 Å². The van der Waals surface area contributed by atoms with Crippen molar-refractivity contribution >= 4 is 17.1 Å². The largest absolute Gasteiger partial charge is 0.457 e. The van der Waals surface area contributed by atoms with Gasteiger partial charge in [0.25, 0.3) is 0 Å². The molecule has 0 aliphatic carbocycles. The third-order valence-corrected chi connectivity index (χ3v) is 6.10. The molecule has 8 heteroatoms. The number of benzene rings is 2. The van der Waals surface area contributed by atoms with Crippen molar-refractivity contribution in [2.24, 2.45) is 7.05 Å².